The van der Waals surface area contributed by atoms with Gasteiger partial charge in [0.15, 0.2) is 11.5 Å². The molecule has 1 aromatic carbocycles. The van der Waals surface area contributed by atoms with Gasteiger partial charge in [0.05, 0.1) is 17.4 Å². The standard InChI is InChI=1S/C30H41F3N6O4/c1-5-23-26(35-18-6-9-20(40)10-7-18)38-27(24(37-23)25(34)41)36-19-8-11-21(22(16-19)30(31,32)33)17-12-14-39(15-13-17)28(42)43-29(2,3)4/h8,11,16-18,20,40H,5-7,9-10,12-15H2,1-4H3,(H2,34,41)(H2,35,36,38)/t18-,20-. The Labute approximate surface area is 249 Å². The Balaban J connectivity index is 1.58. The van der Waals surface area contributed by atoms with E-state index in [2.05, 4.69) is 20.6 Å². The number of nitrogens with zero attached hydrogens (tertiary/aromatic N) is 3. The quantitative estimate of drug-likeness (QED) is 0.313. The van der Waals surface area contributed by atoms with Crippen LogP contribution in [0.15, 0.2) is 18.2 Å². The van der Waals surface area contributed by atoms with Crippen LogP contribution in [0.25, 0.3) is 0 Å². The molecule has 1 aliphatic carbocycles. The second kappa shape index (κ2) is 12.9. The smallest absolute Gasteiger partial charge is 0.416 e. The maximum atomic E-state index is 14.3. The molecule has 236 valence electrons. The van der Waals surface area contributed by atoms with E-state index in [1.54, 1.807) is 20.8 Å². The van der Waals surface area contributed by atoms with E-state index in [-0.39, 0.29) is 48.0 Å². The molecule has 2 heterocycles. The van der Waals surface area contributed by atoms with Gasteiger partial charge in [0.25, 0.3) is 5.91 Å². The molecule has 2 aliphatic rings. The predicted octanol–water partition coefficient (Wildman–Crippen LogP) is 5.73. The number of piperidine rings is 1. The Morgan fingerprint density at radius 2 is 1.70 bits per heavy atom. The van der Waals surface area contributed by atoms with Crippen LogP contribution < -0.4 is 16.4 Å². The van der Waals surface area contributed by atoms with Gasteiger partial charge in [-0.15, -0.1) is 0 Å². The summed E-state index contributed by atoms with van der Waals surface area (Å²) in [5.74, 6) is -0.893. The molecule has 1 aromatic heterocycles. The third-order valence-corrected chi connectivity index (χ3v) is 7.78. The number of likely N-dealkylation sites (tertiary alicyclic amines) is 1. The van der Waals surface area contributed by atoms with Crippen molar-refractivity contribution in [3.05, 3.63) is 40.7 Å². The summed E-state index contributed by atoms with van der Waals surface area (Å²) in [5.41, 5.74) is 4.68. The first kappa shape index (κ1) is 32.3. The molecule has 2 amide bonds. The zero-order valence-corrected chi connectivity index (χ0v) is 25.1. The highest BCUT2D eigenvalue weighted by Gasteiger charge is 2.37. The summed E-state index contributed by atoms with van der Waals surface area (Å²) in [5, 5.41) is 16.0. The molecule has 1 aliphatic heterocycles. The Morgan fingerprint density at radius 1 is 1.05 bits per heavy atom. The van der Waals surface area contributed by atoms with Crippen molar-refractivity contribution in [2.45, 2.75) is 102 Å². The number of hydrogen-bond donors (Lipinski definition) is 4. The van der Waals surface area contributed by atoms with Crippen molar-refractivity contribution in [3.63, 3.8) is 0 Å². The van der Waals surface area contributed by atoms with Crippen LogP contribution in [0.4, 0.5) is 35.3 Å². The second-order valence-corrected chi connectivity index (χ2v) is 12.3. The number of aliphatic hydroxyl groups excluding tert-OH is 1. The van der Waals surface area contributed by atoms with Gasteiger partial charge >= 0.3 is 12.3 Å². The van der Waals surface area contributed by atoms with Crippen LogP contribution in [-0.4, -0.2) is 62.8 Å². The molecule has 2 aromatic rings. The first-order valence-corrected chi connectivity index (χ1v) is 14.8. The van der Waals surface area contributed by atoms with E-state index in [9.17, 15) is 27.9 Å². The number of benzene rings is 1. The molecular formula is C30H41F3N6O4. The Bertz CT molecular complexity index is 1310. The van der Waals surface area contributed by atoms with Gasteiger partial charge in [0.2, 0.25) is 0 Å². The van der Waals surface area contributed by atoms with Gasteiger partial charge in [-0.2, -0.15) is 13.2 Å². The lowest BCUT2D eigenvalue weighted by Crippen LogP contribution is -2.41. The average Bonchev–Trinajstić information content (AvgIpc) is 2.93. The van der Waals surface area contributed by atoms with Crippen LogP contribution in [0.1, 0.15) is 99.4 Å². The van der Waals surface area contributed by atoms with Crippen molar-refractivity contribution in [3.8, 4) is 0 Å². The summed E-state index contributed by atoms with van der Waals surface area (Å²) in [6.07, 6.45) is -1.56. The molecule has 0 unspecified atom stereocenters. The van der Waals surface area contributed by atoms with Gasteiger partial charge in [-0.1, -0.05) is 13.0 Å². The zero-order chi connectivity index (χ0) is 31.5. The maximum Gasteiger partial charge on any atom is 0.416 e. The molecule has 5 N–H and O–H groups in total. The lowest BCUT2D eigenvalue weighted by molar-refractivity contribution is -0.138. The Hall–Kier alpha value is -3.61. The number of carbonyl (C=O) groups excluding carboxylic acids is 2. The van der Waals surface area contributed by atoms with Gasteiger partial charge in [-0.3, -0.25) is 4.79 Å². The summed E-state index contributed by atoms with van der Waals surface area (Å²) in [7, 11) is 0. The lowest BCUT2D eigenvalue weighted by atomic mass is 9.86. The lowest BCUT2D eigenvalue weighted by Gasteiger charge is -2.34. The minimum atomic E-state index is -4.64. The number of aryl methyl sites for hydroxylation is 1. The third kappa shape index (κ3) is 8.27. The molecule has 2 fully saturated rings. The average molecular weight is 607 g/mol. The molecule has 0 atom stereocenters. The largest absolute Gasteiger partial charge is 0.444 e. The number of halogens is 3. The second-order valence-electron chi connectivity index (χ2n) is 12.3. The van der Waals surface area contributed by atoms with Gasteiger partial charge in [-0.25, -0.2) is 14.8 Å². The van der Waals surface area contributed by atoms with E-state index >= 15 is 0 Å². The SMILES string of the molecule is CCc1nc(C(N)=O)c(Nc2ccc(C3CCN(C(=O)OC(C)(C)C)CC3)c(C(F)(F)F)c2)nc1N[C@H]1CC[C@H](O)CC1. The Kier molecular flexibility index (Phi) is 9.73. The fourth-order valence-corrected chi connectivity index (χ4v) is 5.58. The topological polar surface area (TPSA) is 143 Å². The minimum Gasteiger partial charge on any atom is -0.444 e. The van der Waals surface area contributed by atoms with Crippen LogP contribution in [0.5, 0.6) is 0 Å². The number of amides is 2. The number of aliphatic hydroxyl groups is 1. The van der Waals surface area contributed by atoms with E-state index in [0.717, 1.165) is 18.9 Å². The molecule has 0 spiro atoms. The van der Waals surface area contributed by atoms with Gasteiger partial charge < -0.3 is 31.1 Å². The first-order valence-electron chi connectivity index (χ1n) is 14.8. The number of carbonyl (C=O) groups is 2. The van der Waals surface area contributed by atoms with E-state index in [0.29, 0.717) is 43.6 Å². The number of ether oxygens (including phenoxy) is 1. The summed E-state index contributed by atoms with van der Waals surface area (Å²) in [6.45, 7) is 7.71. The van der Waals surface area contributed by atoms with Crippen LogP contribution in [0, 0.1) is 0 Å². The molecule has 13 heteroatoms. The van der Waals surface area contributed by atoms with E-state index in [1.165, 1.54) is 17.0 Å². The number of hydrogen-bond acceptors (Lipinski definition) is 8. The highest BCUT2D eigenvalue weighted by molar-refractivity contribution is 5.96. The number of rotatable bonds is 7. The van der Waals surface area contributed by atoms with E-state index in [1.807, 2.05) is 6.92 Å². The number of anilines is 3. The van der Waals surface area contributed by atoms with Crippen LogP contribution >= 0.6 is 0 Å². The number of alkyl halides is 3. The van der Waals surface area contributed by atoms with Crippen molar-refractivity contribution in [1.29, 1.82) is 0 Å². The number of nitrogens with one attached hydrogen (secondary N) is 2. The molecule has 4 rings (SSSR count). The van der Waals surface area contributed by atoms with Gasteiger partial charge in [-0.05, 0) is 89.3 Å². The van der Waals surface area contributed by atoms with E-state index < -0.39 is 35.3 Å². The van der Waals surface area contributed by atoms with Gasteiger partial charge in [0, 0.05) is 24.8 Å². The van der Waals surface area contributed by atoms with E-state index in [4.69, 9.17) is 10.5 Å². The predicted molar refractivity (Wildman–Crippen MR) is 156 cm³/mol. The molecule has 0 bridgehead atoms. The molecule has 1 saturated carbocycles. The monoisotopic (exact) mass is 606 g/mol. The Morgan fingerprint density at radius 3 is 2.26 bits per heavy atom. The number of nitrogens with two attached hydrogens (primary N) is 1. The van der Waals surface area contributed by atoms with Crippen molar-refractivity contribution >= 4 is 29.3 Å². The van der Waals surface area contributed by atoms with Crippen molar-refractivity contribution in [2.75, 3.05) is 23.7 Å². The fourth-order valence-electron chi connectivity index (χ4n) is 5.58. The maximum absolute atomic E-state index is 14.3. The van der Waals surface area contributed by atoms with Crippen LogP contribution in [-0.2, 0) is 17.3 Å². The fraction of sp³-hybridized carbons (Fsp3) is 0.600. The molecule has 0 radical (unpaired) electrons. The van der Waals surface area contributed by atoms with Crippen LogP contribution in [0.3, 0.4) is 0 Å². The molecule has 1 saturated heterocycles. The zero-order valence-electron chi connectivity index (χ0n) is 25.1. The first-order chi connectivity index (χ1) is 20.1. The highest BCUT2D eigenvalue weighted by atomic mass is 19.4. The van der Waals surface area contributed by atoms with Crippen molar-refractivity contribution in [1.82, 2.24) is 14.9 Å². The highest BCUT2D eigenvalue weighted by Crippen LogP contribution is 2.41. The van der Waals surface area contributed by atoms with Crippen molar-refractivity contribution < 1.29 is 32.6 Å². The van der Waals surface area contributed by atoms with Crippen molar-refractivity contribution in [2.24, 2.45) is 5.73 Å². The summed E-state index contributed by atoms with van der Waals surface area (Å²) in [6, 6.07) is 3.99. The van der Waals surface area contributed by atoms with Crippen LogP contribution in [0.2, 0.25) is 0 Å². The summed E-state index contributed by atoms with van der Waals surface area (Å²) < 4.78 is 48.4. The number of aromatic nitrogens is 2. The van der Waals surface area contributed by atoms with Gasteiger partial charge in [0.1, 0.15) is 11.4 Å². The summed E-state index contributed by atoms with van der Waals surface area (Å²) >= 11 is 0. The third-order valence-electron chi connectivity index (χ3n) is 7.78. The molecular weight excluding hydrogens is 565 g/mol. The minimum absolute atomic E-state index is 0.0353. The summed E-state index contributed by atoms with van der Waals surface area (Å²) in [4.78, 5) is 35.2. The molecule has 43 heavy (non-hydrogen) atoms. The molecule has 10 nitrogen and oxygen atoms in total. The normalized spacial score (nSPS) is 20.0. The number of primary amides is 1.